The Morgan fingerprint density at radius 2 is 1.90 bits per heavy atom. The molecule has 2 heterocycles. The van der Waals surface area contributed by atoms with Crippen molar-refractivity contribution in [2.75, 3.05) is 19.6 Å². The van der Waals surface area contributed by atoms with Gasteiger partial charge in [-0.25, -0.2) is 4.79 Å². The van der Waals surface area contributed by atoms with Gasteiger partial charge < -0.3 is 15.5 Å². The molecule has 1 aromatic rings. The van der Waals surface area contributed by atoms with Gasteiger partial charge in [0.25, 0.3) is 5.91 Å². The molecule has 0 aromatic heterocycles. The SMILES string of the molecule is CCN1C(=O)NC2(CCC3(O)C(C)N(CC)CCC3(c3cc(O)ccc3C)C2)C1=O. The van der Waals surface area contributed by atoms with E-state index in [9.17, 15) is 19.8 Å². The standard InChI is InChI=1S/C23H33N3O4/c1-5-25-12-11-21(18-13-17(27)8-7-15(18)3)14-22(9-10-23(21,30)16(25)4)19(28)26(6-2)20(29)24-22/h7-8,13,16,27,30H,5-6,9-12,14H2,1-4H3,(H,24,29). The second-order valence-corrected chi connectivity index (χ2v) is 9.30. The van der Waals surface area contributed by atoms with Gasteiger partial charge in [-0.3, -0.25) is 14.6 Å². The minimum atomic E-state index is -1.07. The molecule has 0 bridgehead atoms. The lowest BCUT2D eigenvalue weighted by atomic mass is 9.49. The number of nitrogens with one attached hydrogen (secondary N) is 1. The van der Waals surface area contributed by atoms with E-state index >= 15 is 0 Å². The van der Waals surface area contributed by atoms with Crippen LogP contribution in [0.4, 0.5) is 4.79 Å². The Morgan fingerprint density at radius 3 is 2.53 bits per heavy atom. The highest BCUT2D eigenvalue weighted by Crippen LogP contribution is 2.58. The van der Waals surface area contributed by atoms with Gasteiger partial charge >= 0.3 is 6.03 Å². The van der Waals surface area contributed by atoms with Crippen molar-refractivity contribution in [1.82, 2.24) is 15.1 Å². The maximum Gasteiger partial charge on any atom is 0.325 e. The first-order chi connectivity index (χ1) is 14.1. The van der Waals surface area contributed by atoms with Crippen molar-refractivity contribution in [3.05, 3.63) is 29.3 Å². The molecule has 2 saturated heterocycles. The van der Waals surface area contributed by atoms with Gasteiger partial charge in [0.05, 0.1) is 5.60 Å². The Morgan fingerprint density at radius 1 is 1.17 bits per heavy atom. The number of aliphatic hydroxyl groups is 1. The highest BCUT2D eigenvalue weighted by Gasteiger charge is 2.67. The summed E-state index contributed by atoms with van der Waals surface area (Å²) in [6, 6.07) is 4.80. The Balaban J connectivity index is 1.89. The smallest absolute Gasteiger partial charge is 0.325 e. The molecular weight excluding hydrogens is 382 g/mol. The maximum atomic E-state index is 13.3. The zero-order valence-electron chi connectivity index (χ0n) is 18.4. The summed E-state index contributed by atoms with van der Waals surface area (Å²) in [7, 11) is 0. The number of carbonyl (C=O) groups excluding carboxylic acids is 2. The highest BCUT2D eigenvalue weighted by molar-refractivity contribution is 6.07. The van der Waals surface area contributed by atoms with Gasteiger partial charge in [0.15, 0.2) is 0 Å². The molecule has 0 radical (unpaired) electrons. The van der Waals surface area contributed by atoms with Crippen molar-refractivity contribution in [2.45, 2.75) is 76.0 Å². The summed E-state index contributed by atoms with van der Waals surface area (Å²) >= 11 is 0. The number of piperidine rings is 1. The van der Waals surface area contributed by atoms with E-state index in [0.717, 1.165) is 24.2 Å². The predicted octanol–water partition coefficient (Wildman–Crippen LogP) is 2.28. The van der Waals surface area contributed by atoms with E-state index in [2.05, 4.69) is 24.1 Å². The summed E-state index contributed by atoms with van der Waals surface area (Å²) in [6.45, 7) is 9.88. The number of likely N-dealkylation sites (N-methyl/N-ethyl adjacent to an activating group) is 2. The molecular formula is C23H33N3O4. The number of carbonyl (C=O) groups is 2. The van der Waals surface area contributed by atoms with Crippen LogP contribution in [0.2, 0.25) is 0 Å². The molecule has 164 valence electrons. The summed E-state index contributed by atoms with van der Waals surface area (Å²) in [5, 5.41) is 25.5. The molecule has 4 unspecified atom stereocenters. The van der Waals surface area contributed by atoms with Gasteiger partial charge in [0, 0.05) is 18.0 Å². The van der Waals surface area contributed by atoms with E-state index in [1.54, 1.807) is 19.1 Å². The molecule has 4 atom stereocenters. The van der Waals surface area contributed by atoms with E-state index < -0.39 is 16.6 Å². The van der Waals surface area contributed by atoms with Crippen LogP contribution in [0, 0.1) is 6.92 Å². The number of hydrogen-bond acceptors (Lipinski definition) is 5. The number of fused-ring (bicyclic) bond motifs is 1. The largest absolute Gasteiger partial charge is 0.508 e. The normalized spacial score (nSPS) is 36.8. The number of phenols is 1. The molecule has 1 saturated carbocycles. The molecule has 7 heteroatoms. The van der Waals surface area contributed by atoms with Crippen molar-refractivity contribution in [3.8, 4) is 5.75 Å². The van der Waals surface area contributed by atoms with Crippen LogP contribution >= 0.6 is 0 Å². The van der Waals surface area contributed by atoms with Crippen LogP contribution in [0.1, 0.15) is 57.6 Å². The average Bonchev–Trinajstić information content (AvgIpc) is 2.95. The zero-order chi connectivity index (χ0) is 21.9. The second-order valence-electron chi connectivity index (χ2n) is 9.30. The summed E-state index contributed by atoms with van der Waals surface area (Å²) in [5.41, 5.74) is -0.972. The second kappa shape index (κ2) is 6.95. The quantitative estimate of drug-likeness (QED) is 0.659. The fourth-order valence-corrected chi connectivity index (χ4v) is 6.42. The Hall–Kier alpha value is -2.12. The Labute approximate surface area is 178 Å². The molecule has 3 aliphatic rings. The van der Waals surface area contributed by atoms with E-state index in [-0.39, 0.29) is 23.7 Å². The van der Waals surface area contributed by atoms with Gasteiger partial charge in [-0.1, -0.05) is 13.0 Å². The molecule has 1 spiro atoms. The van der Waals surface area contributed by atoms with Crippen molar-refractivity contribution in [3.63, 3.8) is 0 Å². The van der Waals surface area contributed by atoms with Crippen molar-refractivity contribution in [2.24, 2.45) is 0 Å². The number of aromatic hydroxyl groups is 1. The van der Waals surface area contributed by atoms with Gasteiger partial charge in [-0.2, -0.15) is 0 Å². The number of hydrogen-bond donors (Lipinski definition) is 3. The summed E-state index contributed by atoms with van der Waals surface area (Å²) in [4.78, 5) is 29.4. The monoisotopic (exact) mass is 415 g/mol. The van der Waals surface area contributed by atoms with Crippen LogP contribution < -0.4 is 5.32 Å². The van der Waals surface area contributed by atoms with Crippen molar-refractivity contribution >= 4 is 11.9 Å². The van der Waals surface area contributed by atoms with E-state index in [4.69, 9.17) is 0 Å². The number of amides is 3. The number of likely N-dealkylation sites (tertiary alicyclic amines) is 1. The summed E-state index contributed by atoms with van der Waals surface area (Å²) < 4.78 is 0. The first-order valence-electron chi connectivity index (χ1n) is 11.0. The first-order valence-corrected chi connectivity index (χ1v) is 11.0. The number of urea groups is 1. The van der Waals surface area contributed by atoms with Crippen LogP contribution in [0.25, 0.3) is 0 Å². The summed E-state index contributed by atoms with van der Waals surface area (Å²) in [6.07, 6.45) is 1.81. The predicted molar refractivity (Wildman–Crippen MR) is 113 cm³/mol. The van der Waals surface area contributed by atoms with Crippen LogP contribution in [-0.2, 0) is 10.2 Å². The molecule has 3 N–H and O–H groups in total. The molecule has 3 fully saturated rings. The van der Waals surface area contributed by atoms with E-state index in [1.807, 2.05) is 13.0 Å². The Bertz CT molecular complexity index is 889. The fourth-order valence-electron chi connectivity index (χ4n) is 6.42. The molecule has 1 aliphatic carbocycles. The number of rotatable bonds is 3. The highest BCUT2D eigenvalue weighted by atomic mass is 16.3. The third-order valence-corrected chi connectivity index (χ3v) is 8.13. The molecule has 1 aromatic carbocycles. The van der Waals surface area contributed by atoms with E-state index in [0.29, 0.717) is 32.2 Å². The molecule has 30 heavy (non-hydrogen) atoms. The van der Waals surface area contributed by atoms with E-state index in [1.165, 1.54) is 4.90 Å². The number of imide groups is 1. The lowest BCUT2D eigenvalue weighted by molar-refractivity contribution is -0.171. The van der Waals surface area contributed by atoms with Crippen LogP contribution in [0.5, 0.6) is 5.75 Å². The minimum absolute atomic E-state index is 0.107. The van der Waals surface area contributed by atoms with Gasteiger partial charge in [-0.15, -0.1) is 0 Å². The summed E-state index contributed by atoms with van der Waals surface area (Å²) in [5.74, 6) is -0.0469. The topological polar surface area (TPSA) is 93.1 Å². The van der Waals surface area contributed by atoms with Gasteiger partial charge in [-0.05, 0) is 82.8 Å². The van der Waals surface area contributed by atoms with Crippen molar-refractivity contribution < 1.29 is 19.8 Å². The van der Waals surface area contributed by atoms with Crippen molar-refractivity contribution in [1.29, 1.82) is 0 Å². The van der Waals surface area contributed by atoms with Crippen LogP contribution in [-0.4, -0.2) is 68.8 Å². The number of nitrogens with zero attached hydrogens (tertiary/aromatic N) is 2. The Kier molecular flexibility index (Phi) is 4.90. The van der Waals surface area contributed by atoms with Crippen LogP contribution in [0.3, 0.4) is 0 Å². The lowest BCUT2D eigenvalue weighted by Gasteiger charge is -2.62. The molecule has 3 amide bonds. The van der Waals surface area contributed by atoms with Crippen LogP contribution in [0.15, 0.2) is 18.2 Å². The minimum Gasteiger partial charge on any atom is -0.508 e. The number of aryl methyl sites for hydroxylation is 1. The van der Waals surface area contributed by atoms with Gasteiger partial charge in [0.2, 0.25) is 0 Å². The van der Waals surface area contributed by atoms with Gasteiger partial charge in [0.1, 0.15) is 11.3 Å². The number of benzene rings is 1. The third-order valence-electron chi connectivity index (χ3n) is 8.13. The molecule has 7 nitrogen and oxygen atoms in total. The zero-order valence-corrected chi connectivity index (χ0v) is 18.4. The number of phenolic OH excluding ortho intramolecular Hbond substituents is 1. The average molecular weight is 416 g/mol. The molecule has 2 aliphatic heterocycles. The fraction of sp³-hybridized carbons (Fsp3) is 0.652. The first kappa shape index (κ1) is 21.1. The molecule has 4 rings (SSSR count). The lowest BCUT2D eigenvalue weighted by Crippen LogP contribution is -2.73. The maximum absolute atomic E-state index is 13.3. The third kappa shape index (κ3) is 2.64.